The fourth-order valence-electron chi connectivity index (χ4n) is 1.33. The number of hydrogen-bond acceptors (Lipinski definition) is 4. The molecule has 1 rings (SSSR count). The summed E-state index contributed by atoms with van der Waals surface area (Å²) >= 11 is 4.89. The van der Waals surface area contributed by atoms with E-state index in [2.05, 4.69) is 0 Å². The van der Waals surface area contributed by atoms with Crippen molar-refractivity contribution >= 4 is 35.1 Å². The monoisotopic (exact) mass is 257 g/mol. The fourth-order valence-corrected chi connectivity index (χ4v) is 1.43. The Labute approximate surface area is 105 Å². The second-order valence-electron chi connectivity index (χ2n) is 4.60. The van der Waals surface area contributed by atoms with Crippen molar-refractivity contribution in [1.82, 2.24) is 9.80 Å². The molecule has 17 heavy (non-hydrogen) atoms. The van der Waals surface area contributed by atoms with Crippen LogP contribution in [0.1, 0.15) is 20.3 Å². The van der Waals surface area contributed by atoms with E-state index in [-0.39, 0.29) is 6.54 Å². The van der Waals surface area contributed by atoms with Crippen LogP contribution in [0.15, 0.2) is 0 Å². The number of carbonyl (C=O) groups is 3. The highest BCUT2D eigenvalue weighted by Crippen LogP contribution is 2.22. The number of nitrogens with zero attached hydrogens (tertiary/aromatic N) is 2. The SMILES string of the molecule is CN1C(=O)C(=O)N(CCC(C)(C)C(N)=S)C1=O. The Kier molecular flexibility index (Phi) is 3.51. The zero-order valence-corrected chi connectivity index (χ0v) is 10.8. The Balaban J connectivity index is 2.71. The van der Waals surface area contributed by atoms with Crippen molar-refractivity contribution < 1.29 is 14.4 Å². The van der Waals surface area contributed by atoms with Gasteiger partial charge in [0.2, 0.25) is 0 Å². The van der Waals surface area contributed by atoms with E-state index in [0.29, 0.717) is 11.4 Å². The van der Waals surface area contributed by atoms with Gasteiger partial charge in [-0.25, -0.2) is 4.79 Å². The number of hydrogen-bond donors (Lipinski definition) is 1. The molecule has 0 radical (unpaired) electrons. The molecule has 6 nitrogen and oxygen atoms in total. The summed E-state index contributed by atoms with van der Waals surface area (Å²) < 4.78 is 0. The minimum atomic E-state index is -0.803. The maximum Gasteiger partial charge on any atom is 0.333 e. The molecule has 4 amide bonds. The summed E-state index contributed by atoms with van der Waals surface area (Å²) in [5.74, 6) is -1.60. The van der Waals surface area contributed by atoms with Crippen molar-refractivity contribution in [2.24, 2.45) is 11.1 Å². The van der Waals surface area contributed by atoms with Gasteiger partial charge in [-0.2, -0.15) is 0 Å². The molecular weight excluding hydrogens is 242 g/mol. The molecule has 1 aliphatic heterocycles. The number of carbonyl (C=O) groups excluding carboxylic acids is 3. The van der Waals surface area contributed by atoms with Crippen LogP contribution >= 0.6 is 12.2 Å². The quantitative estimate of drug-likeness (QED) is 0.439. The van der Waals surface area contributed by atoms with Gasteiger partial charge in [0, 0.05) is 19.0 Å². The van der Waals surface area contributed by atoms with E-state index in [0.717, 1.165) is 9.80 Å². The second-order valence-corrected chi connectivity index (χ2v) is 5.04. The zero-order valence-electron chi connectivity index (χ0n) is 10.0. The number of likely N-dealkylation sites (N-methyl/N-ethyl adjacent to an activating group) is 1. The van der Waals surface area contributed by atoms with Crippen LogP contribution in [0.4, 0.5) is 4.79 Å². The standard InChI is InChI=1S/C10H15N3O3S/c1-10(2,8(11)17)4-5-13-7(15)6(14)12(3)9(13)16/h4-5H2,1-3H3,(H2,11,17). The van der Waals surface area contributed by atoms with Crippen molar-refractivity contribution in [1.29, 1.82) is 0 Å². The van der Waals surface area contributed by atoms with E-state index in [1.54, 1.807) is 0 Å². The molecule has 1 saturated heterocycles. The van der Waals surface area contributed by atoms with Gasteiger partial charge in [0.1, 0.15) is 0 Å². The van der Waals surface area contributed by atoms with Gasteiger partial charge in [0.05, 0.1) is 4.99 Å². The zero-order chi connectivity index (χ0) is 13.4. The normalized spacial score (nSPS) is 17.0. The van der Waals surface area contributed by atoms with E-state index < -0.39 is 23.3 Å². The molecule has 0 aromatic rings. The summed E-state index contributed by atoms with van der Waals surface area (Å²) in [7, 11) is 1.28. The van der Waals surface area contributed by atoms with Crippen LogP contribution < -0.4 is 5.73 Å². The van der Waals surface area contributed by atoms with E-state index in [4.69, 9.17) is 18.0 Å². The number of urea groups is 1. The third kappa shape index (κ3) is 2.44. The summed E-state index contributed by atoms with van der Waals surface area (Å²) in [6, 6.07) is -0.598. The first-order valence-corrected chi connectivity index (χ1v) is 5.52. The van der Waals surface area contributed by atoms with Crippen molar-refractivity contribution in [2.75, 3.05) is 13.6 Å². The summed E-state index contributed by atoms with van der Waals surface area (Å²) in [5.41, 5.74) is 5.09. The van der Waals surface area contributed by atoms with Crippen LogP contribution in [0, 0.1) is 5.41 Å². The molecule has 0 spiro atoms. The van der Waals surface area contributed by atoms with Crippen LogP contribution in [0.5, 0.6) is 0 Å². The lowest BCUT2D eigenvalue weighted by Crippen LogP contribution is -2.38. The first-order valence-electron chi connectivity index (χ1n) is 5.12. The molecule has 0 atom stereocenters. The Morgan fingerprint density at radius 3 is 2.18 bits per heavy atom. The Morgan fingerprint density at radius 2 is 1.82 bits per heavy atom. The number of thiocarbonyl (C=S) groups is 1. The molecule has 0 aromatic carbocycles. The van der Waals surface area contributed by atoms with Gasteiger partial charge in [-0.1, -0.05) is 26.1 Å². The van der Waals surface area contributed by atoms with Gasteiger partial charge in [-0.3, -0.25) is 19.4 Å². The highest BCUT2D eigenvalue weighted by atomic mass is 32.1. The van der Waals surface area contributed by atoms with Gasteiger partial charge < -0.3 is 5.73 Å². The smallest absolute Gasteiger partial charge is 0.333 e. The highest BCUT2D eigenvalue weighted by Gasteiger charge is 2.42. The summed E-state index contributed by atoms with van der Waals surface area (Å²) in [4.78, 5) is 36.3. The Morgan fingerprint density at radius 1 is 1.29 bits per heavy atom. The lowest BCUT2D eigenvalue weighted by molar-refractivity contribution is -0.142. The molecule has 94 valence electrons. The fraction of sp³-hybridized carbons (Fsp3) is 0.600. The average Bonchev–Trinajstić information content (AvgIpc) is 2.42. The predicted molar refractivity (Wildman–Crippen MR) is 65.1 cm³/mol. The molecule has 2 N–H and O–H groups in total. The Hall–Kier alpha value is -1.50. The predicted octanol–water partition coefficient (Wildman–Crippen LogP) is 0.109. The van der Waals surface area contributed by atoms with E-state index in [1.165, 1.54) is 7.05 Å². The van der Waals surface area contributed by atoms with Gasteiger partial charge in [0.25, 0.3) is 0 Å². The number of nitrogens with two attached hydrogens (primary N) is 1. The van der Waals surface area contributed by atoms with Gasteiger partial charge >= 0.3 is 17.8 Å². The van der Waals surface area contributed by atoms with E-state index in [1.807, 2.05) is 13.8 Å². The summed E-state index contributed by atoms with van der Waals surface area (Å²) in [6.07, 6.45) is 0.431. The lowest BCUT2D eigenvalue weighted by Gasteiger charge is -2.24. The molecule has 1 aliphatic rings. The van der Waals surface area contributed by atoms with Crippen LogP contribution in [0.25, 0.3) is 0 Å². The first kappa shape index (κ1) is 13.6. The minimum Gasteiger partial charge on any atom is -0.393 e. The second kappa shape index (κ2) is 4.40. The maximum atomic E-state index is 11.6. The van der Waals surface area contributed by atoms with Gasteiger partial charge in [-0.05, 0) is 6.42 Å². The first-order chi connectivity index (χ1) is 7.68. The molecule has 0 unspecified atom stereocenters. The number of amides is 4. The molecule has 1 fully saturated rings. The number of imide groups is 2. The number of rotatable bonds is 4. The van der Waals surface area contributed by atoms with Crippen molar-refractivity contribution in [3.63, 3.8) is 0 Å². The van der Waals surface area contributed by atoms with Crippen molar-refractivity contribution in [2.45, 2.75) is 20.3 Å². The van der Waals surface area contributed by atoms with E-state index >= 15 is 0 Å². The molecule has 0 aliphatic carbocycles. The van der Waals surface area contributed by atoms with Crippen LogP contribution in [0.2, 0.25) is 0 Å². The molecule has 7 heteroatoms. The van der Waals surface area contributed by atoms with Gasteiger partial charge in [-0.15, -0.1) is 0 Å². The minimum absolute atomic E-state index is 0.137. The largest absolute Gasteiger partial charge is 0.393 e. The molecular formula is C10H15N3O3S. The molecule has 0 bridgehead atoms. The van der Waals surface area contributed by atoms with Crippen LogP contribution in [-0.2, 0) is 9.59 Å². The topological polar surface area (TPSA) is 83.7 Å². The Bertz CT molecular complexity index is 406. The third-order valence-corrected chi connectivity index (χ3v) is 3.43. The van der Waals surface area contributed by atoms with Crippen molar-refractivity contribution in [3.05, 3.63) is 0 Å². The van der Waals surface area contributed by atoms with Crippen LogP contribution in [-0.4, -0.2) is 46.2 Å². The molecule has 1 heterocycles. The highest BCUT2D eigenvalue weighted by molar-refractivity contribution is 7.80. The lowest BCUT2D eigenvalue weighted by atomic mass is 9.89. The van der Waals surface area contributed by atoms with E-state index in [9.17, 15) is 14.4 Å². The summed E-state index contributed by atoms with van der Waals surface area (Å²) in [6.45, 7) is 3.79. The molecule has 0 aromatic heterocycles. The summed E-state index contributed by atoms with van der Waals surface area (Å²) in [5, 5.41) is 0. The average molecular weight is 257 g/mol. The van der Waals surface area contributed by atoms with Gasteiger partial charge in [0.15, 0.2) is 0 Å². The maximum absolute atomic E-state index is 11.6. The third-order valence-electron chi connectivity index (χ3n) is 2.88. The van der Waals surface area contributed by atoms with Crippen molar-refractivity contribution in [3.8, 4) is 0 Å². The van der Waals surface area contributed by atoms with Crippen LogP contribution in [0.3, 0.4) is 0 Å². The molecule has 0 saturated carbocycles.